The minimum absolute atomic E-state index is 0.489. The van der Waals surface area contributed by atoms with Crippen LogP contribution < -0.4 is 5.32 Å². The lowest BCUT2D eigenvalue weighted by atomic mass is 10.7. The van der Waals surface area contributed by atoms with Crippen LogP contribution in [-0.4, -0.2) is 26.7 Å². The molecule has 0 aromatic carbocycles. The van der Waals surface area contributed by atoms with Crippen molar-refractivity contribution in [2.45, 2.75) is 0 Å². The molecule has 0 amide bonds. The monoisotopic (exact) mass is 157 g/mol. The Morgan fingerprint density at radius 2 is 1.45 bits per heavy atom. The van der Waals surface area contributed by atoms with Crippen molar-refractivity contribution >= 4 is 0 Å². The van der Waals surface area contributed by atoms with Crippen LogP contribution in [0.15, 0.2) is 25.3 Å². The standard InChI is InChI=1S/C8H15NO2/c1-3-5-10-7-9-8-11-6-4-2/h3-4,9H,1-2,5-8H2. The molecule has 3 nitrogen and oxygen atoms in total. The van der Waals surface area contributed by atoms with Crippen LogP contribution in [0.4, 0.5) is 0 Å². The SMILES string of the molecule is C=CCOCNCOCC=C. The Kier molecular flexibility index (Phi) is 8.82. The van der Waals surface area contributed by atoms with E-state index >= 15 is 0 Å². The van der Waals surface area contributed by atoms with E-state index in [2.05, 4.69) is 18.5 Å². The number of hydrogen-bond acceptors (Lipinski definition) is 3. The molecule has 1 N–H and O–H groups in total. The second-order valence-corrected chi connectivity index (χ2v) is 1.86. The molecule has 0 fully saturated rings. The van der Waals surface area contributed by atoms with E-state index in [9.17, 15) is 0 Å². The minimum Gasteiger partial charge on any atom is -0.362 e. The fourth-order valence-corrected chi connectivity index (χ4v) is 0.471. The van der Waals surface area contributed by atoms with Crippen LogP contribution in [0.3, 0.4) is 0 Å². The first-order valence-corrected chi connectivity index (χ1v) is 3.49. The first kappa shape index (κ1) is 10.4. The average Bonchev–Trinajstić information content (AvgIpc) is 2.03. The number of ether oxygens (including phenoxy) is 2. The first-order chi connectivity index (χ1) is 5.41. The molecular formula is C8H15NO2. The molecule has 0 radical (unpaired) electrons. The van der Waals surface area contributed by atoms with E-state index in [1.807, 2.05) is 0 Å². The molecular weight excluding hydrogens is 142 g/mol. The van der Waals surface area contributed by atoms with Gasteiger partial charge in [0, 0.05) is 0 Å². The van der Waals surface area contributed by atoms with Gasteiger partial charge < -0.3 is 9.47 Å². The van der Waals surface area contributed by atoms with Crippen LogP contribution in [0.25, 0.3) is 0 Å². The van der Waals surface area contributed by atoms with E-state index in [-0.39, 0.29) is 0 Å². The van der Waals surface area contributed by atoms with Gasteiger partial charge in [-0.3, -0.25) is 5.32 Å². The van der Waals surface area contributed by atoms with Crippen molar-refractivity contribution in [3.63, 3.8) is 0 Å². The van der Waals surface area contributed by atoms with E-state index < -0.39 is 0 Å². The largest absolute Gasteiger partial charge is 0.362 e. The normalized spacial score (nSPS) is 9.45. The van der Waals surface area contributed by atoms with Crippen LogP contribution in [-0.2, 0) is 9.47 Å². The van der Waals surface area contributed by atoms with Gasteiger partial charge >= 0.3 is 0 Å². The Balaban J connectivity index is 2.79. The maximum Gasteiger partial charge on any atom is 0.0986 e. The summed E-state index contributed by atoms with van der Waals surface area (Å²) in [6, 6.07) is 0. The van der Waals surface area contributed by atoms with Crippen molar-refractivity contribution in [3.05, 3.63) is 25.3 Å². The molecule has 0 bridgehead atoms. The third-order valence-corrected chi connectivity index (χ3v) is 0.880. The zero-order valence-electron chi connectivity index (χ0n) is 6.71. The minimum atomic E-state index is 0.489. The van der Waals surface area contributed by atoms with E-state index in [4.69, 9.17) is 9.47 Å². The molecule has 11 heavy (non-hydrogen) atoms. The summed E-state index contributed by atoms with van der Waals surface area (Å²) in [5.74, 6) is 0. The molecule has 0 spiro atoms. The van der Waals surface area contributed by atoms with Gasteiger partial charge in [0.1, 0.15) is 0 Å². The summed E-state index contributed by atoms with van der Waals surface area (Å²) < 4.78 is 10.1. The molecule has 0 aliphatic carbocycles. The Labute approximate surface area is 67.7 Å². The van der Waals surface area contributed by atoms with Crippen LogP contribution in [0.1, 0.15) is 0 Å². The number of rotatable bonds is 8. The van der Waals surface area contributed by atoms with E-state index in [1.165, 1.54) is 0 Å². The van der Waals surface area contributed by atoms with Gasteiger partial charge in [0.2, 0.25) is 0 Å². The predicted molar refractivity (Wildman–Crippen MR) is 45.2 cm³/mol. The van der Waals surface area contributed by atoms with Crippen molar-refractivity contribution in [3.8, 4) is 0 Å². The Hall–Kier alpha value is -0.640. The Morgan fingerprint density at radius 1 is 1.00 bits per heavy atom. The van der Waals surface area contributed by atoms with Gasteiger partial charge in [-0.15, -0.1) is 13.2 Å². The summed E-state index contributed by atoms with van der Waals surface area (Å²) in [4.78, 5) is 0. The van der Waals surface area contributed by atoms with Gasteiger partial charge in [-0.05, 0) is 0 Å². The maximum atomic E-state index is 5.03. The molecule has 3 heteroatoms. The summed E-state index contributed by atoms with van der Waals surface area (Å²) in [6.45, 7) is 9.13. The zero-order chi connectivity index (χ0) is 8.36. The van der Waals surface area contributed by atoms with Gasteiger partial charge in [-0.2, -0.15) is 0 Å². The quantitative estimate of drug-likeness (QED) is 0.322. The molecule has 0 aromatic rings. The third kappa shape index (κ3) is 9.36. The molecule has 0 unspecified atom stereocenters. The molecule has 0 aliphatic heterocycles. The molecule has 0 atom stereocenters. The zero-order valence-corrected chi connectivity index (χ0v) is 6.71. The van der Waals surface area contributed by atoms with E-state index in [0.717, 1.165) is 0 Å². The van der Waals surface area contributed by atoms with Gasteiger partial charge in [0.05, 0.1) is 26.7 Å². The lowest BCUT2D eigenvalue weighted by molar-refractivity contribution is 0.0812. The number of nitrogens with one attached hydrogen (secondary N) is 1. The van der Waals surface area contributed by atoms with Crippen molar-refractivity contribution in [1.82, 2.24) is 5.32 Å². The van der Waals surface area contributed by atoms with Gasteiger partial charge in [-0.1, -0.05) is 12.2 Å². The second kappa shape index (κ2) is 9.36. The third-order valence-electron chi connectivity index (χ3n) is 0.880. The summed E-state index contributed by atoms with van der Waals surface area (Å²) in [6.07, 6.45) is 3.40. The smallest absolute Gasteiger partial charge is 0.0986 e. The lowest BCUT2D eigenvalue weighted by Gasteiger charge is -2.03. The van der Waals surface area contributed by atoms with Crippen LogP contribution in [0, 0.1) is 0 Å². The van der Waals surface area contributed by atoms with Gasteiger partial charge in [0.25, 0.3) is 0 Å². The van der Waals surface area contributed by atoms with Crippen LogP contribution in [0.2, 0.25) is 0 Å². The predicted octanol–water partition coefficient (Wildman–Crippen LogP) is 0.896. The fourth-order valence-electron chi connectivity index (χ4n) is 0.471. The fraction of sp³-hybridized carbons (Fsp3) is 0.500. The highest BCUT2D eigenvalue weighted by Crippen LogP contribution is 1.73. The van der Waals surface area contributed by atoms with E-state index in [0.29, 0.717) is 26.7 Å². The number of hydrogen-bond donors (Lipinski definition) is 1. The summed E-state index contributed by atoms with van der Waals surface area (Å²) in [5, 5.41) is 2.92. The maximum absolute atomic E-state index is 5.03. The van der Waals surface area contributed by atoms with E-state index in [1.54, 1.807) is 12.2 Å². The molecule has 64 valence electrons. The molecule has 0 rings (SSSR count). The summed E-state index contributed by atoms with van der Waals surface area (Å²) >= 11 is 0. The Bertz CT molecular complexity index is 92.3. The topological polar surface area (TPSA) is 30.5 Å². The highest BCUT2D eigenvalue weighted by Gasteiger charge is 1.83. The molecule has 0 heterocycles. The van der Waals surface area contributed by atoms with Gasteiger partial charge in [0.15, 0.2) is 0 Å². The highest BCUT2D eigenvalue weighted by atomic mass is 16.5. The molecule has 0 saturated carbocycles. The summed E-state index contributed by atoms with van der Waals surface area (Å²) in [7, 11) is 0. The van der Waals surface area contributed by atoms with Crippen molar-refractivity contribution in [2.24, 2.45) is 0 Å². The van der Waals surface area contributed by atoms with Crippen molar-refractivity contribution in [2.75, 3.05) is 26.7 Å². The van der Waals surface area contributed by atoms with Crippen LogP contribution in [0.5, 0.6) is 0 Å². The first-order valence-electron chi connectivity index (χ1n) is 3.49. The summed E-state index contributed by atoms with van der Waals surface area (Å²) in [5.41, 5.74) is 0. The van der Waals surface area contributed by atoms with Gasteiger partial charge in [-0.25, -0.2) is 0 Å². The lowest BCUT2D eigenvalue weighted by Crippen LogP contribution is -2.21. The van der Waals surface area contributed by atoms with Crippen molar-refractivity contribution in [1.29, 1.82) is 0 Å². The molecule has 0 saturated heterocycles. The average molecular weight is 157 g/mol. The van der Waals surface area contributed by atoms with Crippen LogP contribution >= 0.6 is 0 Å². The molecule has 0 aliphatic rings. The van der Waals surface area contributed by atoms with Crippen molar-refractivity contribution < 1.29 is 9.47 Å². The highest BCUT2D eigenvalue weighted by molar-refractivity contribution is 4.64. The molecule has 0 aromatic heterocycles. The Morgan fingerprint density at radius 3 is 1.82 bits per heavy atom. The second-order valence-electron chi connectivity index (χ2n) is 1.86.